The number of nitrogens with one attached hydrogen (secondary N) is 1. The number of carboxylic acid groups (broad SMARTS) is 1. The molecule has 0 spiro atoms. The van der Waals surface area contributed by atoms with Crippen molar-refractivity contribution >= 4 is 11.9 Å². The van der Waals surface area contributed by atoms with Gasteiger partial charge in [0.15, 0.2) is 0 Å². The van der Waals surface area contributed by atoms with Crippen molar-refractivity contribution in [1.82, 2.24) is 5.32 Å². The monoisotopic (exact) mass is 267 g/mol. The molecule has 19 heavy (non-hydrogen) atoms. The first-order valence-corrected chi connectivity index (χ1v) is 7.45. The maximum Gasteiger partial charge on any atom is 0.307 e. The molecule has 2 aliphatic rings. The van der Waals surface area contributed by atoms with E-state index >= 15 is 0 Å². The van der Waals surface area contributed by atoms with Gasteiger partial charge in [0.2, 0.25) is 5.91 Å². The average Bonchev–Trinajstić information content (AvgIpc) is 2.73. The van der Waals surface area contributed by atoms with Crippen LogP contribution in [0, 0.1) is 23.2 Å². The smallest absolute Gasteiger partial charge is 0.307 e. The fourth-order valence-corrected chi connectivity index (χ4v) is 3.60. The summed E-state index contributed by atoms with van der Waals surface area (Å²) in [6, 6.07) is 0. The van der Waals surface area contributed by atoms with Crippen molar-refractivity contribution in [3.8, 4) is 0 Å². The maximum absolute atomic E-state index is 12.0. The molecule has 2 rings (SSSR count). The van der Waals surface area contributed by atoms with Gasteiger partial charge in [-0.1, -0.05) is 39.5 Å². The normalized spacial score (nSPS) is 29.2. The summed E-state index contributed by atoms with van der Waals surface area (Å²) >= 11 is 0. The molecular formula is C15H25NO3. The summed E-state index contributed by atoms with van der Waals surface area (Å²) in [5, 5.41) is 12.0. The lowest BCUT2D eigenvalue weighted by Crippen LogP contribution is -2.28. The number of hydrogen-bond donors (Lipinski definition) is 2. The van der Waals surface area contributed by atoms with E-state index in [4.69, 9.17) is 5.11 Å². The van der Waals surface area contributed by atoms with E-state index < -0.39 is 11.9 Å². The molecule has 2 saturated carbocycles. The second kappa shape index (κ2) is 5.51. The number of carbonyl (C=O) groups excluding carboxylic acids is 1. The Hall–Kier alpha value is -1.06. The Morgan fingerprint density at radius 2 is 1.84 bits per heavy atom. The molecule has 0 aromatic carbocycles. The van der Waals surface area contributed by atoms with Crippen LogP contribution in [0.25, 0.3) is 0 Å². The van der Waals surface area contributed by atoms with Crippen molar-refractivity contribution in [3.05, 3.63) is 0 Å². The third kappa shape index (κ3) is 3.10. The topological polar surface area (TPSA) is 66.4 Å². The Morgan fingerprint density at radius 3 is 2.37 bits per heavy atom. The van der Waals surface area contributed by atoms with E-state index in [9.17, 15) is 9.59 Å². The van der Waals surface area contributed by atoms with Gasteiger partial charge < -0.3 is 10.4 Å². The maximum atomic E-state index is 12.0. The van der Waals surface area contributed by atoms with Gasteiger partial charge in [-0.05, 0) is 24.2 Å². The summed E-state index contributed by atoms with van der Waals surface area (Å²) < 4.78 is 0. The van der Waals surface area contributed by atoms with Crippen molar-refractivity contribution in [2.24, 2.45) is 23.2 Å². The Balaban J connectivity index is 1.66. The SMILES string of the molecule is CC1(C)C(C(=O)O)C1C(=O)NCCCC1CCCC1. The highest BCUT2D eigenvalue weighted by atomic mass is 16.4. The molecular weight excluding hydrogens is 242 g/mol. The van der Waals surface area contributed by atoms with Gasteiger partial charge >= 0.3 is 5.97 Å². The van der Waals surface area contributed by atoms with E-state index in [-0.39, 0.29) is 17.2 Å². The van der Waals surface area contributed by atoms with Crippen molar-refractivity contribution in [2.45, 2.75) is 52.4 Å². The zero-order chi connectivity index (χ0) is 14.0. The summed E-state index contributed by atoms with van der Waals surface area (Å²) in [6.07, 6.45) is 7.59. The highest BCUT2D eigenvalue weighted by Gasteiger charge is 2.65. The fraction of sp³-hybridized carbons (Fsp3) is 0.867. The van der Waals surface area contributed by atoms with Crippen LogP contribution in [0.5, 0.6) is 0 Å². The zero-order valence-corrected chi connectivity index (χ0v) is 11.9. The predicted octanol–water partition coefficient (Wildman–Crippen LogP) is 2.43. The molecule has 4 nitrogen and oxygen atoms in total. The lowest BCUT2D eigenvalue weighted by atomic mass is 10.0. The van der Waals surface area contributed by atoms with E-state index in [1.807, 2.05) is 13.8 Å². The molecule has 0 aliphatic heterocycles. The Kier molecular flexibility index (Phi) is 4.16. The Morgan fingerprint density at radius 1 is 1.21 bits per heavy atom. The first kappa shape index (κ1) is 14.4. The first-order valence-electron chi connectivity index (χ1n) is 7.45. The van der Waals surface area contributed by atoms with Crippen LogP contribution in [0.4, 0.5) is 0 Å². The van der Waals surface area contributed by atoms with Crippen LogP contribution >= 0.6 is 0 Å². The molecule has 2 atom stereocenters. The molecule has 1 amide bonds. The van der Waals surface area contributed by atoms with E-state index in [0.717, 1.165) is 12.3 Å². The van der Waals surface area contributed by atoms with Crippen LogP contribution in [-0.4, -0.2) is 23.5 Å². The Labute approximate surface area is 115 Å². The number of carboxylic acids is 1. The molecule has 108 valence electrons. The predicted molar refractivity (Wildman–Crippen MR) is 72.6 cm³/mol. The van der Waals surface area contributed by atoms with Crippen molar-refractivity contribution in [3.63, 3.8) is 0 Å². The molecule has 4 heteroatoms. The molecule has 2 N–H and O–H groups in total. The van der Waals surface area contributed by atoms with E-state index in [2.05, 4.69) is 5.32 Å². The molecule has 0 saturated heterocycles. The molecule has 0 radical (unpaired) electrons. The second-order valence-electron chi connectivity index (χ2n) is 6.70. The van der Waals surface area contributed by atoms with Crippen LogP contribution in [0.15, 0.2) is 0 Å². The number of rotatable bonds is 6. The van der Waals surface area contributed by atoms with Crippen molar-refractivity contribution < 1.29 is 14.7 Å². The average molecular weight is 267 g/mol. The second-order valence-corrected chi connectivity index (χ2v) is 6.70. The highest BCUT2D eigenvalue weighted by Crippen LogP contribution is 2.58. The van der Waals surface area contributed by atoms with Crippen LogP contribution in [0.1, 0.15) is 52.4 Å². The molecule has 2 unspecified atom stereocenters. The molecule has 2 fully saturated rings. The first-order chi connectivity index (χ1) is 8.94. The minimum absolute atomic E-state index is 0.0798. The van der Waals surface area contributed by atoms with Gasteiger partial charge in [-0.25, -0.2) is 0 Å². The molecule has 0 heterocycles. The van der Waals surface area contributed by atoms with E-state index in [1.165, 1.54) is 32.1 Å². The number of carbonyl (C=O) groups is 2. The van der Waals surface area contributed by atoms with Gasteiger partial charge in [0.05, 0.1) is 11.8 Å². The number of amides is 1. The van der Waals surface area contributed by atoms with Crippen LogP contribution in [-0.2, 0) is 9.59 Å². The summed E-state index contributed by atoms with van der Waals surface area (Å²) in [5.41, 5.74) is -0.388. The third-order valence-corrected chi connectivity index (χ3v) is 4.94. The fourth-order valence-electron chi connectivity index (χ4n) is 3.60. The van der Waals surface area contributed by atoms with E-state index in [0.29, 0.717) is 6.54 Å². The molecule has 2 aliphatic carbocycles. The van der Waals surface area contributed by atoms with Gasteiger partial charge in [-0.3, -0.25) is 9.59 Å². The zero-order valence-electron chi connectivity index (χ0n) is 11.9. The summed E-state index contributed by atoms with van der Waals surface area (Å²) in [7, 11) is 0. The minimum atomic E-state index is -0.851. The van der Waals surface area contributed by atoms with Crippen LogP contribution in [0.2, 0.25) is 0 Å². The molecule has 0 aromatic heterocycles. The number of hydrogen-bond acceptors (Lipinski definition) is 2. The van der Waals surface area contributed by atoms with Gasteiger partial charge in [0.25, 0.3) is 0 Å². The van der Waals surface area contributed by atoms with Gasteiger partial charge in [0, 0.05) is 6.54 Å². The van der Waals surface area contributed by atoms with Crippen molar-refractivity contribution in [2.75, 3.05) is 6.54 Å². The lowest BCUT2D eigenvalue weighted by Gasteiger charge is -2.09. The van der Waals surface area contributed by atoms with Gasteiger partial charge in [0.1, 0.15) is 0 Å². The quantitative estimate of drug-likeness (QED) is 0.726. The Bertz CT molecular complexity index is 358. The van der Waals surface area contributed by atoms with Crippen molar-refractivity contribution in [1.29, 1.82) is 0 Å². The highest BCUT2D eigenvalue weighted by molar-refractivity contribution is 5.91. The third-order valence-electron chi connectivity index (χ3n) is 4.94. The summed E-state index contributed by atoms with van der Waals surface area (Å²) in [4.78, 5) is 23.0. The summed E-state index contributed by atoms with van der Waals surface area (Å²) in [5.74, 6) is -0.945. The van der Waals surface area contributed by atoms with Crippen LogP contribution in [0.3, 0.4) is 0 Å². The molecule has 0 bridgehead atoms. The van der Waals surface area contributed by atoms with E-state index in [1.54, 1.807) is 0 Å². The lowest BCUT2D eigenvalue weighted by molar-refractivity contribution is -0.140. The summed E-state index contributed by atoms with van der Waals surface area (Å²) in [6.45, 7) is 4.40. The number of aliphatic carboxylic acids is 1. The standard InChI is InChI=1S/C15H25NO3/c1-15(2)11(12(15)14(18)19)13(17)16-9-5-8-10-6-3-4-7-10/h10-12H,3-9H2,1-2H3,(H,16,17)(H,18,19). The van der Waals surface area contributed by atoms with Gasteiger partial charge in [-0.2, -0.15) is 0 Å². The molecule has 0 aromatic rings. The largest absolute Gasteiger partial charge is 0.481 e. The minimum Gasteiger partial charge on any atom is -0.481 e. The van der Waals surface area contributed by atoms with Crippen LogP contribution < -0.4 is 5.32 Å². The van der Waals surface area contributed by atoms with Gasteiger partial charge in [-0.15, -0.1) is 0 Å².